The van der Waals surface area contributed by atoms with E-state index in [1.54, 1.807) is 49.4 Å². The van der Waals surface area contributed by atoms with Crippen LogP contribution < -0.4 is 0 Å². The molecule has 3 aromatic carbocycles. The van der Waals surface area contributed by atoms with Crippen LogP contribution in [0.2, 0.25) is 0 Å². The molecule has 3 aromatic rings. The second-order valence-corrected chi connectivity index (χ2v) is 7.20. The van der Waals surface area contributed by atoms with Gasteiger partial charge in [-0.1, -0.05) is 79.2 Å². The van der Waals surface area contributed by atoms with Crippen molar-refractivity contribution in [1.29, 1.82) is 0 Å². The van der Waals surface area contributed by atoms with E-state index in [1.807, 2.05) is 38.1 Å². The number of hydrogen-bond donors (Lipinski definition) is 0. The standard InChI is InChI=1S/C26H24O4/c1-4-19-11-15-20(16-12-19)24(27)18(3)30-26(29)23-8-6-5-7-22(23)25(28)21-13-9-17(2)10-14-21/h5-16,18H,4H2,1-3H3. The molecule has 0 saturated carbocycles. The Bertz CT molecular complexity index is 1060. The van der Waals surface area contributed by atoms with Crippen LogP contribution in [0.1, 0.15) is 61.6 Å². The van der Waals surface area contributed by atoms with Crippen molar-refractivity contribution in [3.05, 3.63) is 106 Å². The third-order valence-electron chi connectivity index (χ3n) is 5.01. The summed E-state index contributed by atoms with van der Waals surface area (Å²) in [6.45, 7) is 5.52. The maximum Gasteiger partial charge on any atom is 0.339 e. The summed E-state index contributed by atoms with van der Waals surface area (Å²) in [6, 6.07) is 20.9. The molecule has 0 heterocycles. The van der Waals surface area contributed by atoms with Crippen LogP contribution in [-0.4, -0.2) is 23.6 Å². The maximum absolute atomic E-state index is 12.9. The summed E-state index contributed by atoms with van der Waals surface area (Å²) in [6.07, 6.45) is -0.0855. The molecule has 0 aliphatic rings. The molecule has 0 radical (unpaired) electrons. The summed E-state index contributed by atoms with van der Waals surface area (Å²) in [5.41, 5.74) is 3.53. The van der Waals surface area contributed by atoms with Gasteiger partial charge < -0.3 is 4.74 Å². The van der Waals surface area contributed by atoms with Crippen LogP contribution in [0.15, 0.2) is 72.8 Å². The van der Waals surface area contributed by atoms with Gasteiger partial charge >= 0.3 is 5.97 Å². The zero-order chi connectivity index (χ0) is 21.7. The summed E-state index contributed by atoms with van der Waals surface area (Å²) >= 11 is 0. The molecule has 0 bridgehead atoms. The second kappa shape index (κ2) is 9.31. The summed E-state index contributed by atoms with van der Waals surface area (Å²) in [7, 11) is 0. The molecule has 152 valence electrons. The minimum absolute atomic E-state index is 0.143. The SMILES string of the molecule is CCc1ccc(C(=O)C(C)OC(=O)c2ccccc2C(=O)c2ccc(C)cc2)cc1. The van der Waals surface area contributed by atoms with E-state index in [-0.39, 0.29) is 22.7 Å². The van der Waals surface area contributed by atoms with Crippen molar-refractivity contribution in [2.24, 2.45) is 0 Å². The van der Waals surface area contributed by atoms with Crippen LogP contribution in [0.4, 0.5) is 0 Å². The summed E-state index contributed by atoms with van der Waals surface area (Å²) in [5, 5.41) is 0. The first-order chi connectivity index (χ1) is 14.4. The molecular weight excluding hydrogens is 376 g/mol. The average Bonchev–Trinajstić information content (AvgIpc) is 2.78. The smallest absolute Gasteiger partial charge is 0.339 e. The highest BCUT2D eigenvalue weighted by molar-refractivity contribution is 6.14. The van der Waals surface area contributed by atoms with E-state index in [1.165, 1.54) is 6.07 Å². The van der Waals surface area contributed by atoms with E-state index in [9.17, 15) is 14.4 Å². The Labute approximate surface area is 176 Å². The largest absolute Gasteiger partial charge is 0.451 e. The average molecular weight is 400 g/mol. The van der Waals surface area contributed by atoms with E-state index in [2.05, 4.69) is 0 Å². The normalized spacial score (nSPS) is 11.6. The van der Waals surface area contributed by atoms with Crippen LogP contribution in [0.5, 0.6) is 0 Å². The number of rotatable bonds is 7. The molecule has 0 saturated heterocycles. The quantitative estimate of drug-likeness (QED) is 0.403. The fourth-order valence-corrected chi connectivity index (χ4v) is 3.14. The van der Waals surface area contributed by atoms with Crippen molar-refractivity contribution in [2.45, 2.75) is 33.3 Å². The van der Waals surface area contributed by atoms with Gasteiger partial charge in [0.15, 0.2) is 11.9 Å². The molecule has 3 rings (SSSR count). The molecule has 0 spiro atoms. The van der Waals surface area contributed by atoms with Gasteiger partial charge in [-0.15, -0.1) is 0 Å². The fourth-order valence-electron chi connectivity index (χ4n) is 3.14. The van der Waals surface area contributed by atoms with Crippen molar-refractivity contribution in [3.8, 4) is 0 Å². The first-order valence-electron chi connectivity index (χ1n) is 9.95. The maximum atomic E-state index is 12.9. The summed E-state index contributed by atoms with van der Waals surface area (Å²) < 4.78 is 5.41. The molecule has 0 fully saturated rings. The molecule has 4 nitrogen and oxygen atoms in total. The van der Waals surface area contributed by atoms with Gasteiger partial charge in [-0.25, -0.2) is 4.79 Å². The summed E-state index contributed by atoms with van der Waals surface area (Å²) in [4.78, 5) is 38.3. The van der Waals surface area contributed by atoms with Crippen molar-refractivity contribution in [1.82, 2.24) is 0 Å². The van der Waals surface area contributed by atoms with Gasteiger partial charge in [-0.2, -0.15) is 0 Å². The molecule has 0 aromatic heterocycles. The van der Waals surface area contributed by atoms with Gasteiger partial charge in [0.05, 0.1) is 5.56 Å². The molecule has 0 amide bonds. The molecule has 0 N–H and O–H groups in total. The van der Waals surface area contributed by atoms with E-state index >= 15 is 0 Å². The number of hydrogen-bond acceptors (Lipinski definition) is 4. The molecule has 0 aliphatic heterocycles. The van der Waals surface area contributed by atoms with E-state index < -0.39 is 12.1 Å². The van der Waals surface area contributed by atoms with E-state index in [0.29, 0.717) is 11.1 Å². The number of ether oxygens (including phenoxy) is 1. The Morgan fingerprint density at radius 2 is 1.37 bits per heavy atom. The first-order valence-corrected chi connectivity index (χ1v) is 9.95. The molecular formula is C26H24O4. The van der Waals surface area contributed by atoms with Gasteiger partial charge in [0.25, 0.3) is 0 Å². The van der Waals surface area contributed by atoms with Gasteiger partial charge in [0.1, 0.15) is 0 Å². The Balaban J connectivity index is 1.79. The zero-order valence-corrected chi connectivity index (χ0v) is 17.3. The molecule has 30 heavy (non-hydrogen) atoms. The Morgan fingerprint density at radius 3 is 1.97 bits per heavy atom. The lowest BCUT2D eigenvalue weighted by Gasteiger charge is -2.14. The highest BCUT2D eigenvalue weighted by Crippen LogP contribution is 2.18. The predicted octanol–water partition coefficient (Wildman–Crippen LogP) is 5.22. The van der Waals surface area contributed by atoms with Crippen molar-refractivity contribution < 1.29 is 19.1 Å². The van der Waals surface area contributed by atoms with E-state index in [0.717, 1.165) is 17.5 Å². The van der Waals surface area contributed by atoms with Gasteiger partial charge in [-0.3, -0.25) is 9.59 Å². The van der Waals surface area contributed by atoms with Crippen molar-refractivity contribution in [2.75, 3.05) is 0 Å². The van der Waals surface area contributed by atoms with Gasteiger partial charge in [0.2, 0.25) is 5.78 Å². The van der Waals surface area contributed by atoms with Crippen molar-refractivity contribution in [3.63, 3.8) is 0 Å². The highest BCUT2D eigenvalue weighted by Gasteiger charge is 2.24. The third-order valence-corrected chi connectivity index (χ3v) is 5.01. The molecule has 4 heteroatoms. The zero-order valence-electron chi connectivity index (χ0n) is 17.3. The lowest BCUT2D eigenvalue weighted by atomic mass is 9.97. The number of ketones is 2. The summed E-state index contributed by atoms with van der Waals surface area (Å²) in [5.74, 6) is -1.25. The van der Waals surface area contributed by atoms with Crippen LogP contribution in [0.25, 0.3) is 0 Å². The fraction of sp³-hybridized carbons (Fsp3) is 0.192. The second-order valence-electron chi connectivity index (χ2n) is 7.20. The number of esters is 1. The molecule has 0 aliphatic carbocycles. The highest BCUT2D eigenvalue weighted by atomic mass is 16.5. The Kier molecular flexibility index (Phi) is 6.58. The number of aryl methyl sites for hydroxylation is 2. The lowest BCUT2D eigenvalue weighted by molar-refractivity contribution is 0.0317. The molecule has 1 unspecified atom stereocenters. The van der Waals surface area contributed by atoms with Crippen LogP contribution in [0.3, 0.4) is 0 Å². The van der Waals surface area contributed by atoms with Crippen LogP contribution >= 0.6 is 0 Å². The number of carbonyl (C=O) groups excluding carboxylic acids is 3. The molecule has 1 atom stereocenters. The predicted molar refractivity (Wildman–Crippen MR) is 116 cm³/mol. The topological polar surface area (TPSA) is 60.4 Å². The monoisotopic (exact) mass is 400 g/mol. The Morgan fingerprint density at radius 1 is 0.800 bits per heavy atom. The van der Waals surface area contributed by atoms with Crippen LogP contribution in [0, 0.1) is 6.92 Å². The Hall–Kier alpha value is -3.53. The minimum atomic E-state index is -0.965. The van der Waals surface area contributed by atoms with Crippen molar-refractivity contribution >= 4 is 17.5 Å². The number of carbonyl (C=O) groups is 3. The van der Waals surface area contributed by atoms with E-state index in [4.69, 9.17) is 4.74 Å². The lowest BCUT2D eigenvalue weighted by Crippen LogP contribution is -2.25. The number of benzene rings is 3. The van der Waals surface area contributed by atoms with Crippen LogP contribution in [-0.2, 0) is 11.2 Å². The third kappa shape index (κ3) is 4.71. The first kappa shape index (κ1) is 21.2. The number of Topliss-reactive ketones (excluding diaryl/α,β-unsaturated/α-hetero) is 1. The minimum Gasteiger partial charge on any atom is -0.451 e. The van der Waals surface area contributed by atoms with Gasteiger partial charge in [-0.05, 0) is 31.9 Å². The van der Waals surface area contributed by atoms with Gasteiger partial charge in [0, 0.05) is 16.7 Å².